The largest absolute Gasteiger partial charge is 0.355 e. The standard InChI is InChI=1S/C16H31N3O/c1-3-6-16(7-9-17-10-8-16)15(20)18-13-14-4-11-19(2)12-5-14/h14,17H,3-13H2,1-2H3,(H,18,20). The van der Waals surface area contributed by atoms with Gasteiger partial charge in [0.15, 0.2) is 0 Å². The summed E-state index contributed by atoms with van der Waals surface area (Å²) in [6.07, 6.45) is 6.58. The predicted molar refractivity (Wildman–Crippen MR) is 82.7 cm³/mol. The van der Waals surface area contributed by atoms with Crippen molar-refractivity contribution in [3.63, 3.8) is 0 Å². The molecule has 2 heterocycles. The van der Waals surface area contributed by atoms with Crippen molar-refractivity contribution in [3.8, 4) is 0 Å². The molecule has 0 aliphatic carbocycles. The van der Waals surface area contributed by atoms with Gasteiger partial charge in [0.05, 0.1) is 5.41 Å². The maximum absolute atomic E-state index is 12.7. The van der Waals surface area contributed by atoms with Crippen LogP contribution in [0.2, 0.25) is 0 Å². The van der Waals surface area contributed by atoms with Gasteiger partial charge in [-0.2, -0.15) is 0 Å². The molecular weight excluding hydrogens is 250 g/mol. The third-order valence-corrected chi connectivity index (χ3v) is 5.16. The summed E-state index contributed by atoms with van der Waals surface area (Å²) < 4.78 is 0. The molecule has 1 amide bonds. The minimum atomic E-state index is -0.0918. The topological polar surface area (TPSA) is 44.4 Å². The molecule has 2 aliphatic heterocycles. The fourth-order valence-electron chi connectivity index (χ4n) is 3.67. The van der Waals surface area contributed by atoms with Gasteiger partial charge in [0.1, 0.15) is 0 Å². The number of rotatable bonds is 5. The zero-order valence-corrected chi connectivity index (χ0v) is 13.2. The molecule has 0 aromatic carbocycles. The van der Waals surface area contributed by atoms with Crippen LogP contribution in [0.15, 0.2) is 0 Å². The lowest BCUT2D eigenvalue weighted by Gasteiger charge is -2.37. The van der Waals surface area contributed by atoms with E-state index in [0.717, 1.165) is 45.3 Å². The summed E-state index contributed by atoms with van der Waals surface area (Å²) in [5.41, 5.74) is -0.0918. The van der Waals surface area contributed by atoms with Gasteiger partial charge in [-0.3, -0.25) is 4.79 Å². The number of hydrogen-bond donors (Lipinski definition) is 2. The first kappa shape index (κ1) is 15.8. The van der Waals surface area contributed by atoms with E-state index in [0.29, 0.717) is 11.8 Å². The molecule has 2 rings (SSSR count). The number of carbonyl (C=O) groups excluding carboxylic acids is 1. The highest BCUT2D eigenvalue weighted by atomic mass is 16.2. The Balaban J connectivity index is 1.82. The van der Waals surface area contributed by atoms with Crippen LogP contribution >= 0.6 is 0 Å². The fourth-order valence-corrected chi connectivity index (χ4v) is 3.67. The highest BCUT2D eigenvalue weighted by Gasteiger charge is 2.38. The van der Waals surface area contributed by atoms with Crippen LogP contribution in [-0.4, -0.2) is 50.6 Å². The molecule has 2 N–H and O–H groups in total. The smallest absolute Gasteiger partial charge is 0.226 e. The van der Waals surface area contributed by atoms with Crippen LogP contribution in [0.25, 0.3) is 0 Å². The van der Waals surface area contributed by atoms with E-state index in [1.54, 1.807) is 0 Å². The van der Waals surface area contributed by atoms with Gasteiger partial charge in [0.25, 0.3) is 0 Å². The van der Waals surface area contributed by atoms with E-state index in [1.165, 1.54) is 25.9 Å². The van der Waals surface area contributed by atoms with Gasteiger partial charge in [0, 0.05) is 6.54 Å². The maximum Gasteiger partial charge on any atom is 0.226 e. The summed E-state index contributed by atoms with van der Waals surface area (Å²) in [6, 6.07) is 0. The van der Waals surface area contributed by atoms with E-state index in [1.807, 2.05) is 0 Å². The Hall–Kier alpha value is -0.610. The first-order valence-corrected chi connectivity index (χ1v) is 8.34. The summed E-state index contributed by atoms with van der Waals surface area (Å²) >= 11 is 0. The number of nitrogens with one attached hydrogen (secondary N) is 2. The molecule has 2 saturated heterocycles. The van der Waals surface area contributed by atoms with Crippen LogP contribution in [0.3, 0.4) is 0 Å². The molecule has 0 aromatic rings. The quantitative estimate of drug-likeness (QED) is 0.805. The zero-order chi connectivity index (χ0) is 14.4. The van der Waals surface area contributed by atoms with Crippen molar-refractivity contribution in [2.24, 2.45) is 11.3 Å². The number of piperidine rings is 2. The second-order valence-corrected chi connectivity index (χ2v) is 6.74. The van der Waals surface area contributed by atoms with Crippen LogP contribution < -0.4 is 10.6 Å². The molecule has 0 spiro atoms. The lowest BCUT2D eigenvalue weighted by Crippen LogP contribution is -2.49. The van der Waals surface area contributed by atoms with E-state index in [2.05, 4.69) is 29.5 Å². The summed E-state index contributed by atoms with van der Waals surface area (Å²) in [4.78, 5) is 15.0. The molecule has 0 radical (unpaired) electrons. The summed E-state index contributed by atoms with van der Waals surface area (Å²) in [7, 11) is 2.18. The van der Waals surface area contributed by atoms with Crippen LogP contribution in [0.1, 0.15) is 45.4 Å². The van der Waals surface area contributed by atoms with Crippen LogP contribution in [0.5, 0.6) is 0 Å². The number of nitrogens with zero attached hydrogens (tertiary/aromatic N) is 1. The lowest BCUT2D eigenvalue weighted by molar-refractivity contribution is -0.133. The van der Waals surface area contributed by atoms with E-state index in [9.17, 15) is 4.79 Å². The van der Waals surface area contributed by atoms with Crippen molar-refractivity contribution < 1.29 is 4.79 Å². The average molecular weight is 281 g/mol. The number of amides is 1. The van der Waals surface area contributed by atoms with Gasteiger partial charge >= 0.3 is 0 Å². The number of likely N-dealkylation sites (tertiary alicyclic amines) is 1. The lowest BCUT2D eigenvalue weighted by atomic mass is 9.74. The van der Waals surface area contributed by atoms with Gasteiger partial charge in [-0.1, -0.05) is 13.3 Å². The normalized spacial score (nSPS) is 24.5. The van der Waals surface area contributed by atoms with Crippen molar-refractivity contribution in [1.29, 1.82) is 0 Å². The summed E-state index contributed by atoms with van der Waals surface area (Å²) in [5, 5.41) is 6.65. The first-order chi connectivity index (χ1) is 9.66. The number of carbonyl (C=O) groups is 1. The van der Waals surface area contributed by atoms with Gasteiger partial charge < -0.3 is 15.5 Å². The highest BCUT2D eigenvalue weighted by molar-refractivity contribution is 5.82. The van der Waals surface area contributed by atoms with Crippen LogP contribution in [0.4, 0.5) is 0 Å². The Morgan fingerprint density at radius 2 is 1.95 bits per heavy atom. The molecule has 20 heavy (non-hydrogen) atoms. The van der Waals surface area contributed by atoms with E-state index >= 15 is 0 Å². The van der Waals surface area contributed by atoms with Gasteiger partial charge in [-0.25, -0.2) is 0 Å². The molecule has 4 heteroatoms. The summed E-state index contributed by atoms with van der Waals surface area (Å²) in [5.74, 6) is 0.996. The van der Waals surface area contributed by atoms with Crippen molar-refractivity contribution in [2.75, 3.05) is 39.8 Å². The van der Waals surface area contributed by atoms with E-state index < -0.39 is 0 Å². The van der Waals surface area contributed by atoms with Crippen LogP contribution in [0, 0.1) is 11.3 Å². The highest BCUT2D eigenvalue weighted by Crippen LogP contribution is 2.34. The van der Waals surface area contributed by atoms with Gasteiger partial charge in [-0.05, 0) is 71.2 Å². The monoisotopic (exact) mass is 281 g/mol. The Morgan fingerprint density at radius 1 is 1.30 bits per heavy atom. The molecule has 2 aliphatic rings. The van der Waals surface area contributed by atoms with Crippen molar-refractivity contribution in [1.82, 2.24) is 15.5 Å². The average Bonchev–Trinajstić information content (AvgIpc) is 2.47. The Bertz CT molecular complexity index is 299. The third kappa shape index (κ3) is 3.95. The fraction of sp³-hybridized carbons (Fsp3) is 0.938. The zero-order valence-electron chi connectivity index (χ0n) is 13.2. The van der Waals surface area contributed by atoms with Crippen molar-refractivity contribution in [2.45, 2.75) is 45.4 Å². The SMILES string of the molecule is CCCC1(C(=O)NCC2CCN(C)CC2)CCNCC1. The first-order valence-electron chi connectivity index (χ1n) is 8.34. The Kier molecular flexibility index (Phi) is 5.85. The van der Waals surface area contributed by atoms with Gasteiger partial charge in [0.2, 0.25) is 5.91 Å². The van der Waals surface area contributed by atoms with Gasteiger partial charge in [-0.15, -0.1) is 0 Å². The second-order valence-electron chi connectivity index (χ2n) is 6.74. The molecular formula is C16H31N3O. The molecule has 0 bridgehead atoms. The minimum Gasteiger partial charge on any atom is -0.355 e. The maximum atomic E-state index is 12.7. The molecule has 0 saturated carbocycles. The predicted octanol–water partition coefficient (Wildman–Crippen LogP) is 1.61. The van der Waals surface area contributed by atoms with E-state index in [4.69, 9.17) is 0 Å². The van der Waals surface area contributed by atoms with E-state index in [-0.39, 0.29) is 5.41 Å². The molecule has 0 aromatic heterocycles. The molecule has 116 valence electrons. The second kappa shape index (κ2) is 7.41. The van der Waals surface area contributed by atoms with Crippen molar-refractivity contribution >= 4 is 5.91 Å². The van der Waals surface area contributed by atoms with Crippen LogP contribution in [-0.2, 0) is 4.79 Å². The molecule has 4 nitrogen and oxygen atoms in total. The number of hydrogen-bond acceptors (Lipinski definition) is 3. The van der Waals surface area contributed by atoms with Crippen molar-refractivity contribution in [3.05, 3.63) is 0 Å². The minimum absolute atomic E-state index is 0.0918. The summed E-state index contributed by atoms with van der Waals surface area (Å²) in [6.45, 7) is 7.39. The Labute approximate surface area is 123 Å². The molecule has 0 unspecified atom stereocenters. The third-order valence-electron chi connectivity index (χ3n) is 5.16. The Morgan fingerprint density at radius 3 is 2.55 bits per heavy atom. The molecule has 0 atom stereocenters. The molecule has 2 fully saturated rings.